The zero-order valence-corrected chi connectivity index (χ0v) is 13.1. The van der Waals surface area contributed by atoms with Crippen LogP contribution in [0.3, 0.4) is 0 Å². The van der Waals surface area contributed by atoms with Crippen molar-refractivity contribution in [2.75, 3.05) is 17.7 Å². The third-order valence-electron chi connectivity index (χ3n) is 4.07. The molecule has 108 valence electrons. The lowest BCUT2D eigenvalue weighted by molar-refractivity contribution is 0.280. The highest BCUT2D eigenvalue weighted by atomic mass is 32.1. The molecule has 1 saturated carbocycles. The van der Waals surface area contributed by atoms with Crippen molar-refractivity contribution in [1.82, 2.24) is 9.97 Å². The van der Waals surface area contributed by atoms with Crippen LogP contribution >= 0.6 is 11.3 Å². The fourth-order valence-corrected chi connectivity index (χ4v) is 4.10. The molecule has 1 aliphatic carbocycles. The van der Waals surface area contributed by atoms with Crippen LogP contribution in [0.1, 0.15) is 33.1 Å². The van der Waals surface area contributed by atoms with Gasteiger partial charge in [-0.1, -0.05) is 13.8 Å². The maximum Gasteiger partial charge on any atom is 0.225 e. The number of anilines is 2. The fraction of sp³-hybridized carbons (Fsp3) is 0.600. The quantitative estimate of drug-likeness (QED) is 0.898. The van der Waals surface area contributed by atoms with Crippen molar-refractivity contribution in [2.45, 2.75) is 39.2 Å². The van der Waals surface area contributed by atoms with Crippen LogP contribution < -0.4 is 10.6 Å². The maximum atomic E-state index is 4.61. The van der Waals surface area contributed by atoms with Gasteiger partial charge in [-0.3, -0.25) is 0 Å². The van der Waals surface area contributed by atoms with Gasteiger partial charge in [0.2, 0.25) is 5.95 Å². The molecule has 4 nitrogen and oxygen atoms in total. The van der Waals surface area contributed by atoms with Gasteiger partial charge in [0, 0.05) is 13.1 Å². The van der Waals surface area contributed by atoms with E-state index in [2.05, 4.69) is 45.9 Å². The van der Waals surface area contributed by atoms with Gasteiger partial charge in [0.05, 0.1) is 5.39 Å². The van der Waals surface area contributed by atoms with Crippen molar-refractivity contribution >= 4 is 33.3 Å². The first-order chi connectivity index (χ1) is 9.65. The van der Waals surface area contributed by atoms with E-state index in [0.29, 0.717) is 12.0 Å². The second-order valence-corrected chi connectivity index (χ2v) is 6.94. The zero-order valence-electron chi connectivity index (χ0n) is 12.3. The summed E-state index contributed by atoms with van der Waals surface area (Å²) in [6, 6.07) is 2.63. The Morgan fingerprint density at radius 2 is 1.90 bits per heavy atom. The number of hydrogen-bond acceptors (Lipinski definition) is 5. The Balaban J connectivity index is 1.87. The highest BCUT2D eigenvalue weighted by Crippen LogP contribution is 2.32. The van der Waals surface area contributed by atoms with Crippen LogP contribution in [0.15, 0.2) is 11.4 Å². The van der Waals surface area contributed by atoms with Crippen molar-refractivity contribution in [3.63, 3.8) is 0 Å². The zero-order chi connectivity index (χ0) is 14.1. The number of fused-ring (bicyclic) bond motifs is 1. The van der Waals surface area contributed by atoms with E-state index < -0.39 is 0 Å². The minimum Gasteiger partial charge on any atom is -0.367 e. The van der Waals surface area contributed by atoms with Gasteiger partial charge in [0.25, 0.3) is 0 Å². The molecule has 20 heavy (non-hydrogen) atoms. The van der Waals surface area contributed by atoms with Gasteiger partial charge in [0.15, 0.2) is 0 Å². The molecule has 0 radical (unpaired) electrons. The molecule has 2 unspecified atom stereocenters. The van der Waals surface area contributed by atoms with Crippen molar-refractivity contribution < 1.29 is 0 Å². The van der Waals surface area contributed by atoms with Crippen molar-refractivity contribution in [3.8, 4) is 0 Å². The van der Waals surface area contributed by atoms with Gasteiger partial charge in [-0.2, -0.15) is 4.98 Å². The van der Waals surface area contributed by atoms with Gasteiger partial charge in [0.1, 0.15) is 10.6 Å². The predicted octanol–water partition coefficient (Wildman–Crippen LogP) is 3.97. The van der Waals surface area contributed by atoms with E-state index in [1.165, 1.54) is 19.3 Å². The minimum absolute atomic E-state index is 0.524. The van der Waals surface area contributed by atoms with Crippen LogP contribution in [-0.4, -0.2) is 23.1 Å². The molecule has 3 rings (SSSR count). The summed E-state index contributed by atoms with van der Waals surface area (Å²) in [5.41, 5.74) is 0. The summed E-state index contributed by atoms with van der Waals surface area (Å²) in [5.74, 6) is 3.26. The van der Waals surface area contributed by atoms with E-state index in [4.69, 9.17) is 0 Å². The third kappa shape index (κ3) is 2.73. The smallest absolute Gasteiger partial charge is 0.225 e. The van der Waals surface area contributed by atoms with Crippen molar-refractivity contribution in [3.05, 3.63) is 11.4 Å². The maximum absolute atomic E-state index is 4.61. The van der Waals surface area contributed by atoms with E-state index in [-0.39, 0.29) is 0 Å². The Bertz CT molecular complexity index is 585. The standard InChI is InChI=1S/C15H22N4S/c1-9-6-10(2)8-11(7-9)17-13-12-4-5-20-14(12)19-15(16-3)18-13/h4-5,9-11H,6-8H2,1-3H3,(H2,16,17,18,19). The van der Waals surface area contributed by atoms with E-state index in [1.807, 2.05) is 7.05 Å². The Hall–Kier alpha value is -1.36. The summed E-state index contributed by atoms with van der Waals surface area (Å²) in [4.78, 5) is 10.1. The number of rotatable bonds is 3. The van der Waals surface area contributed by atoms with E-state index in [1.54, 1.807) is 11.3 Å². The second-order valence-electron chi connectivity index (χ2n) is 6.04. The Kier molecular flexibility index (Phi) is 3.78. The van der Waals surface area contributed by atoms with Crippen LogP contribution in [0.5, 0.6) is 0 Å². The van der Waals surface area contributed by atoms with Crippen molar-refractivity contribution in [2.24, 2.45) is 11.8 Å². The lowest BCUT2D eigenvalue weighted by Crippen LogP contribution is -2.30. The summed E-state index contributed by atoms with van der Waals surface area (Å²) >= 11 is 1.66. The summed E-state index contributed by atoms with van der Waals surface area (Å²) < 4.78 is 0. The van der Waals surface area contributed by atoms with Gasteiger partial charge < -0.3 is 10.6 Å². The van der Waals surface area contributed by atoms with Crippen LogP contribution in [0.25, 0.3) is 10.2 Å². The van der Waals surface area contributed by atoms with E-state index >= 15 is 0 Å². The third-order valence-corrected chi connectivity index (χ3v) is 4.87. The fourth-order valence-electron chi connectivity index (χ4n) is 3.34. The first-order valence-corrected chi connectivity index (χ1v) is 8.23. The topological polar surface area (TPSA) is 49.8 Å². The Morgan fingerprint density at radius 3 is 2.60 bits per heavy atom. The highest BCUT2D eigenvalue weighted by molar-refractivity contribution is 7.16. The molecule has 2 aromatic heterocycles. The molecule has 0 amide bonds. The van der Waals surface area contributed by atoms with Gasteiger partial charge in [-0.25, -0.2) is 4.98 Å². The number of aromatic nitrogens is 2. The summed E-state index contributed by atoms with van der Waals surface area (Å²) in [7, 11) is 1.86. The lowest BCUT2D eigenvalue weighted by Gasteiger charge is -2.32. The SMILES string of the molecule is CNc1nc(NC2CC(C)CC(C)C2)c2ccsc2n1. The number of hydrogen-bond donors (Lipinski definition) is 2. The molecule has 5 heteroatoms. The van der Waals surface area contributed by atoms with E-state index in [9.17, 15) is 0 Å². The Labute approximate surface area is 124 Å². The largest absolute Gasteiger partial charge is 0.367 e. The summed E-state index contributed by atoms with van der Waals surface area (Å²) in [6.45, 7) is 4.70. The molecule has 2 aromatic rings. The molecule has 0 spiro atoms. The predicted molar refractivity (Wildman–Crippen MR) is 86.6 cm³/mol. The summed E-state index contributed by atoms with van der Waals surface area (Å²) in [5, 5.41) is 9.93. The second kappa shape index (κ2) is 5.56. The molecular formula is C15H22N4S. The van der Waals surface area contributed by atoms with Gasteiger partial charge in [-0.05, 0) is 42.5 Å². The molecule has 0 aliphatic heterocycles. The molecule has 0 bridgehead atoms. The van der Waals surface area contributed by atoms with Crippen molar-refractivity contribution in [1.29, 1.82) is 0 Å². The lowest BCUT2D eigenvalue weighted by atomic mass is 9.80. The van der Waals surface area contributed by atoms with E-state index in [0.717, 1.165) is 27.9 Å². The van der Waals surface area contributed by atoms with Crippen LogP contribution in [-0.2, 0) is 0 Å². The highest BCUT2D eigenvalue weighted by Gasteiger charge is 2.24. The molecule has 0 saturated heterocycles. The molecule has 2 N–H and O–H groups in total. The number of nitrogens with one attached hydrogen (secondary N) is 2. The normalized spacial score (nSPS) is 26.6. The molecule has 1 aliphatic rings. The average molecular weight is 290 g/mol. The molecular weight excluding hydrogens is 268 g/mol. The average Bonchev–Trinajstić information content (AvgIpc) is 2.85. The van der Waals surface area contributed by atoms with Gasteiger partial charge in [-0.15, -0.1) is 11.3 Å². The molecule has 0 aromatic carbocycles. The molecule has 1 fully saturated rings. The molecule has 2 heterocycles. The number of nitrogens with zero attached hydrogens (tertiary/aromatic N) is 2. The van der Waals surface area contributed by atoms with Crippen LogP contribution in [0, 0.1) is 11.8 Å². The number of thiophene rings is 1. The first kappa shape index (κ1) is 13.6. The first-order valence-electron chi connectivity index (χ1n) is 7.35. The summed E-state index contributed by atoms with van der Waals surface area (Å²) in [6.07, 6.45) is 3.81. The van der Waals surface area contributed by atoms with Gasteiger partial charge >= 0.3 is 0 Å². The van der Waals surface area contributed by atoms with Crippen LogP contribution in [0.2, 0.25) is 0 Å². The molecule has 2 atom stereocenters. The minimum atomic E-state index is 0.524. The monoisotopic (exact) mass is 290 g/mol. The van der Waals surface area contributed by atoms with Crippen LogP contribution in [0.4, 0.5) is 11.8 Å². The Morgan fingerprint density at radius 1 is 1.15 bits per heavy atom.